The van der Waals surface area contributed by atoms with Crippen molar-refractivity contribution in [1.82, 2.24) is 24.7 Å². The molecule has 0 spiro atoms. The molecule has 3 aliphatic heterocycles. The number of carboxylic acids is 3. The number of piperazine rings is 1. The average Bonchev–Trinajstić information content (AvgIpc) is 3.70. The number of hydrogen-bond acceptors (Lipinski definition) is 11. The SMILES string of the molecule is Cc1nc(CN2CC3ON=C(N4CCN(Cc5ccccn5)CC4)C3C2)cs1.O=C(O)C(F)(F)F.O=C(O)C(F)(F)F.O=C(O)C(F)(F)F. The molecule has 274 valence electrons. The number of hydrogen-bond donors (Lipinski definition) is 3. The maximum atomic E-state index is 10.6. The van der Waals surface area contributed by atoms with Crippen LogP contribution in [0, 0.1) is 12.8 Å². The highest BCUT2D eigenvalue weighted by Gasteiger charge is 2.45. The van der Waals surface area contributed by atoms with Gasteiger partial charge in [0.2, 0.25) is 0 Å². The van der Waals surface area contributed by atoms with Gasteiger partial charge in [-0.25, -0.2) is 19.4 Å². The Bertz CT molecular complexity index is 1360. The maximum Gasteiger partial charge on any atom is 0.490 e. The van der Waals surface area contributed by atoms with Gasteiger partial charge in [0.15, 0.2) is 11.9 Å². The number of fused-ring (bicyclic) bond motifs is 1. The van der Waals surface area contributed by atoms with Crippen molar-refractivity contribution in [2.24, 2.45) is 11.1 Å². The predicted molar refractivity (Wildman–Crippen MR) is 150 cm³/mol. The predicted octanol–water partition coefficient (Wildman–Crippen LogP) is 3.71. The van der Waals surface area contributed by atoms with E-state index in [9.17, 15) is 39.5 Å². The molecule has 2 fully saturated rings. The van der Waals surface area contributed by atoms with Gasteiger partial charge in [-0.1, -0.05) is 11.2 Å². The number of carbonyl (C=O) groups is 3. The largest absolute Gasteiger partial charge is 0.490 e. The number of carboxylic acid groups (broad SMARTS) is 3. The minimum Gasteiger partial charge on any atom is -0.475 e. The molecular weight excluding hydrogens is 711 g/mol. The topological polar surface area (TPSA) is 169 Å². The highest BCUT2D eigenvalue weighted by atomic mass is 32.1. The van der Waals surface area contributed by atoms with Crippen LogP contribution < -0.4 is 0 Å². The van der Waals surface area contributed by atoms with Crippen molar-refractivity contribution in [2.45, 2.75) is 44.6 Å². The molecule has 2 saturated heterocycles. The van der Waals surface area contributed by atoms with Crippen molar-refractivity contribution < 1.29 is 74.1 Å². The van der Waals surface area contributed by atoms with Crippen molar-refractivity contribution in [2.75, 3.05) is 39.3 Å². The van der Waals surface area contributed by atoms with E-state index in [4.69, 9.17) is 34.5 Å². The fraction of sp³-hybridized carbons (Fsp3) is 0.538. The molecule has 0 aliphatic carbocycles. The maximum absolute atomic E-state index is 10.6. The lowest BCUT2D eigenvalue weighted by molar-refractivity contribution is -0.193. The van der Waals surface area contributed by atoms with Gasteiger partial charge < -0.3 is 25.1 Å². The normalized spacial score (nSPS) is 19.5. The van der Waals surface area contributed by atoms with Gasteiger partial charge in [-0.2, -0.15) is 39.5 Å². The van der Waals surface area contributed by atoms with Crippen molar-refractivity contribution in [3.63, 3.8) is 0 Å². The van der Waals surface area contributed by atoms with E-state index in [0.29, 0.717) is 5.92 Å². The standard InChI is InChI=1S/C20H26N6OS.3C2HF3O2/c1-15-22-17(14-28-15)11-25-12-18-19(13-25)27-23-20(18)26-8-6-24(7-9-26)10-16-4-2-3-5-21-16;3*3-2(4,5)1(6)7/h2-5,14,18-19H,6-13H2,1H3;3*(H,6,7). The lowest BCUT2D eigenvalue weighted by Crippen LogP contribution is -2.50. The van der Waals surface area contributed by atoms with Crippen LogP contribution in [0.2, 0.25) is 0 Å². The Morgan fingerprint density at radius 3 is 1.76 bits per heavy atom. The zero-order valence-electron chi connectivity index (χ0n) is 25.2. The van der Waals surface area contributed by atoms with E-state index >= 15 is 0 Å². The van der Waals surface area contributed by atoms with Crippen molar-refractivity contribution in [3.05, 3.63) is 46.2 Å². The summed E-state index contributed by atoms with van der Waals surface area (Å²) in [4.78, 5) is 48.9. The van der Waals surface area contributed by atoms with Crippen LogP contribution in [0.3, 0.4) is 0 Å². The molecule has 0 saturated carbocycles. The van der Waals surface area contributed by atoms with Crippen LogP contribution in [-0.4, -0.2) is 128 Å². The molecule has 23 heteroatoms. The Hall–Kier alpha value is -4.25. The van der Waals surface area contributed by atoms with Gasteiger partial charge >= 0.3 is 36.4 Å². The Morgan fingerprint density at radius 2 is 1.33 bits per heavy atom. The van der Waals surface area contributed by atoms with Gasteiger partial charge in [0, 0.05) is 63.9 Å². The molecular formula is C26H29F9N6O7S. The minimum absolute atomic E-state index is 0.196. The number of aryl methyl sites for hydroxylation is 1. The Morgan fingerprint density at radius 1 is 0.816 bits per heavy atom. The van der Waals surface area contributed by atoms with Crippen molar-refractivity contribution in [1.29, 1.82) is 0 Å². The van der Waals surface area contributed by atoms with Crippen LogP contribution in [0.15, 0.2) is 34.9 Å². The summed E-state index contributed by atoms with van der Waals surface area (Å²) in [6.07, 6.45) is -13.2. The van der Waals surface area contributed by atoms with Crippen LogP contribution >= 0.6 is 11.3 Å². The quantitative estimate of drug-likeness (QED) is 0.390. The van der Waals surface area contributed by atoms with Crippen LogP contribution in [0.4, 0.5) is 39.5 Å². The zero-order valence-corrected chi connectivity index (χ0v) is 26.0. The number of nitrogens with zero attached hydrogens (tertiary/aromatic N) is 6. The summed E-state index contributed by atoms with van der Waals surface area (Å²) >= 11 is 1.72. The fourth-order valence-corrected chi connectivity index (χ4v) is 4.99. The molecule has 0 aromatic carbocycles. The third kappa shape index (κ3) is 14.0. The van der Waals surface area contributed by atoms with Gasteiger partial charge in [-0.15, -0.1) is 11.3 Å². The summed E-state index contributed by atoms with van der Waals surface area (Å²) in [6.45, 7) is 9.92. The van der Waals surface area contributed by atoms with E-state index in [1.807, 2.05) is 12.3 Å². The second kappa shape index (κ2) is 17.4. The number of thiazole rings is 1. The van der Waals surface area contributed by atoms with Crippen LogP contribution in [0.5, 0.6) is 0 Å². The van der Waals surface area contributed by atoms with E-state index in [0.717, 1.165) is 68.9 Å². The van der Waals surface area contributed by atoms with E-state index in [1.165, 1.54) is 5.69 Å². The molecule has 5 rings (SSSR count). The van der Waals surface area contributed by atoms with E-state index in [-0.39, 0.29) is 6.10 Å². The number of halogens is 9. The van der Waals surface area contributed by atoms with Gasteiger partial charge in [0.1, 0.15) is 0 Å². The molecule has 3 aliphatic rings. The van der Waals surface area contributed by atoms with Gasteiger partial charge in [-0.05, 0) is 19.1 Å². The highest BCUT2D eigenvalue weighted by molar-refractivity contribution is 7.09. The first kappa shape index (κ1) is 40.9. The number of oxime groups is 1. The molecule has 13 nitrogen and oxygen atoms in total. The van der Waals surface area contributed by atoms with Gasteiger partial charge in [-0.3, -0.25) is 14.8 Å². The molecule has 2 atom stereocenters. The first-order valence-electron chi connectivity index (χ1n) is 13.7. The first-order valence-corrected chi connectivity index (χ1v) is 14.6. The van der Waals surface area contributed by atoms with E-state index < -0.39 is 36.4 Å². The number of rotatable bonds is 4. The molecule has 2 aromatic rings. The summed E-state index contributed by atoms with van der Waals surface area (Å²) in [5.41, 5.74) is 2.31. The average molecular weight is 741 g/mol. The monoisotopic (exact) mass is 740 g/mol. The Balaban J connectivity index is 0.000000325. The van der Waals surface area contributed by atoms with Crippen LogP contribution in [0.1, 0.15) is 16.4 Å². The summed E-state index contributed by atoms with van der Waals surface area (Å²) in [7, 11) is 0. The van der Waals surface area contributed by atoms with Gasteiger partial charge in [0.25, 0.3) is 0 Å². The molecule has 3 N–H and O–H groups in total. The van der Waals surface area contributed by atoms with E-state index in [2.05, 4.69) is 54.3 Å². The molecule has 0 bridgehead atoms. The number of likely N-dealkylation sites (tertiary alicyclic amines) is 1. The van der Waals surface area contributed by atoms with Crippen LogP contribution in [-0.2, 0) is 32.3 Å². The van der Waals surface area contributed by atoms with Crippen molar-refractivity contribution in [3.8, 4) is 0 Å². The number of alkyl halides is 9. The third-order valence-corrected chi connectivity index (χ3v) is 7.37. The second-order valence-electron chi connectivity index (χ2n) is 10.2. The minimum atomic E-state index is -5.08. The second-order valence-corrected chi connectivity index (χ2v) is 11.3. The zero-order chi connectivity index (χ0) is 37.2. The molecule has 2 unspecified atom stereocenters. The highest BCUT2D eigenvalue weighted by Crippen LogP contribution is 2.30. The van der Waals surface area contributed by atoms with Crippen LogP contribution in [0.25, 0.3) is 0 Å². The Kier molecular flexibility index (Phi) is 14.5. The van der Waals surface area contributed by atoms with Gasteiger partial charge in [0.05, 0.1) is 22.3 Å². The molecule has 0 amide bonds. The Labute approximate surface area is 275 Å². The number of amidine groups is 1. The lowest BCUT2D eigenvalue weighted by Gasteiger charge is -2.36. The van der Waals surface area contributed by atoms with Crippen molar-refractivity contribution >= 4 is 35.1 Å². The molecule has 0 radical (unpaired) electrons. The molecule has 49 heavy (non-hydrogen) atoms. The summed E-state index contributed by atoms with van der Waals surface area (Å²) in [5, 5.41) is 29.1. The first-order chi connectivity index (χ1) is 22.6. The fourth-order valence-electron chi connectivity index (χ4n) is 4.38. The number of aliphatic carboxylic acids is 3. The molecule has 5 heterocycles. The smallest absolute Gasteiger partial charge is 0.475 e. The number of aromatic nitrogens is 2. The summed E-state index contributed by atoms with van der Waals surface area (Å²) < 4.78 is 95.2. The van der Waals surface area contributed by atoms with E-state index in [1.54, 1.807) is 11.3 Å². The molecule has 2 aromatic heterocycles. The number of pyridine rings is 1. The third-order valence-electron chi connectivity index (χ3n) is 6.54. The summed E-state index contributed by atoms with van der Waals surface area (Å²) in [5.74, 6) is -6.73. The summed E-state index contributed by atoms with van der Waals surface area (Å²) in [6, 6.07) is 6.13. The lowest BCUT2D eigenvalue weighted by atomic mass is 10.0.